The highest BCUT2D eigenvalue weighted by atomic mass is 32.2. The van der Waals surface area contributed by atoms with Gasteiger partial charge in [0.2, 0.25) is 0 Å². The Morgan fingerprint density at radius 1 is 1.21 bits per heavy atom. The number of ether oxygens (including phenoxy) is 2. The van der Waals surface area contributed by atoms with Gasteiger partial charge in [-0.05, 0) is 19.1 Å². The molecule has 1 aromatic rings. The first-order valence-corrected chi connectivity index (χ1v) is 8.05. The maximum absolute atomic E-state index is 6.10. The largest absolute Gasteiger partial charge is 0.486 e. The maximum atomic E-state index is 6.10. The second-order valence-electron chi connectivity index (χ2n) is 5.04. The van der Waals surface area contributed by atoms with Crippen LogP contribution in [0.5, 0.6) is 11.5 Å². The summed E-state index contributed by atoms with van der Waals surface area (Å²) in [6.45, 7) is 1.20. The van der Waals surface area contributed by atoms with E-state index in [1.165, 1.54) is 19.3 Å². The Balaban J connectivity index is 1.80. The van der Waals surface area contributed by atoms with Crippen LogP contribution in [0.2, 0.25) is 0 Å². The number of thioether (sulfide) groups is 1. The third kappa shape index (κ3) is 2.56. The van der Waals surface area contributed by atoms with Crippen molar-refractivity contribution in [3.8, 4) is 11.5 Å². The molecule has 1 saturated carbocycles. The average molecular weight is 280 g/mol. The summed E-state index contributed by atoms with van der Waals surface area (Å²) in [4.78, 5) is 0. The third-order valence-electron chi connectivity index (χ3n) is 3.81. The molecule has 0 bridgehead atoms. The molecular formula is C14H20N2O2S. The van der Waals surface area contributed by atoms with E-state index < -0.39 is 0 Å². The molecule has 2 unspecified atom stereocenters. The van der Waals surface area contributed by atoms with E-state index >= 15 is 0 Å². The molecule has 0 radical (unpaired) electrons. The summed E-state index contributed by atoms with van der Waals surface area (Å²) in [5.41, 5.74) is 7.80. The van der Waals surface area contributed by atoms with Gasteiger partial charge in [0.05, 0.1) is 11.4 Å². The van der Waals surface area contributed by atoms with Crippen LogP contribution in [-0.4, -0.2) is 30.8 Å². The highest BCUT2D eigenvalue weighted by Gasteiger charge is 2.27. The lowest BCUT2D eigenvalue weighted by Crippen LogP contribution is -2.26. The minimum Gasteiger partial charge on any atom is -0.486 e. The first kappa shape index (κ1) is 12.8. The minimum atomic E-state index is 0.500. The van der Waals surface area contributed by atoms with Crippen LogP contribution in [-0.2, 0) is 0 Å². The summed E-state index contributed by atoms with van der Waals surface area (Å²) in [5, 5.41) is 4.25. The number of benzene rings is 1. The quantitative estimate of drug-likeness (QED) is 0.834. The molecule has 19 heavy (non-hydrogen) atoms. The number of hydrogen-bond acceptors (Lipinski definition) is 5. The Morgan fingerprint density at radius 3 is 2.68 bits per heavy atom. The summed E-state index contributed by atoms with van der Waals surface area (Å²) < 4.78 is 11.1. The summed E-state index contributed by atoms with van der Waals surface area (Å²) >= 11 is 1.94. The molecule has 1 heterocycles. The topological polar surface area (TPSA) is 56.5 Å². The minimum absolute atomic E-state index is 0.500. The van der Waals surface area contributed by atoms with Gasteiger partial charge in [-0.25, -0.2) is 0 Å². The lowest BCUT2D eigenvalue weighted by molar-refractivity contribution is 0.172. The number of nitrogens with one attached hydrogen (secondary N) is 1. The number of nitrogens with two attached hydrogens (primary N) is 1. The van der Waals surface area contributed by atoms with Crippen molar-refractivity contribution in [2.45, 2.75) is 30.6 Å². The van der Waals surface area contributed by atoms with Crippen LogP contribution in [0.1, 0.15) is 19.3 Å². The Morgan fingerprint density at radius 2 is 1.95 bits per heavy atom. The molecule has 0 spiro atoms. The van der Waals surface area contributed by atoms with Gasteiger partial charge in [-0.2, -0.15) is 11.8 Å². The average Bonchev–Trinajstić information content (AvgIpc) is 2.87. The Labute approximate surface area is 118 Å². The van der Waals surface area contributed by atoms with Crippen molar-refractivity contribution in [2.75, 3.05) is 30.5 Å². The van der Waals surface area contributed by atoms with Crippen molar-refractivity contribution >= 4 is 23.1 Å². The molecule has 1 aromatic carbocycles. The van der Waals surface area contributed by atoms with Crippen LogP contribution in [0.4, 0.5) is 11.4 Å². The molecule has 5 heteroatoms. The highest BCUT2D eigenvalue weighted by Crippen LogP contribution is 2.39. The predicted octanol–water partition coefficient (Wildman–Crippen LogP) is 2.74. The van der Waals surface area contributed by atoms with Crippen LogP contribution in [0.25, 0.3) is 0 Å². The van der Waals surface area contributed by atoms with E-state index in [0.29, 0.717) is 24.5 Å². The normalized spacial score (nSPS) is 25.3. The predicted molar refractivity (Wildman–Crippen MR) is 80.4 cm³/mol. The molecule has 3 N–H and O–H groups in total. The number of hydrogen-bond donors (Lipinski definition) is 2. The summed E-state index contributed by atoms with van der Waals surface area (Å²) in [6.07, 6.45) is 5.95. The molecule has 4 nitrogen and oxygen atoms in total. The van der Waals surface area contributed by atoms with E-state index in [2.05, 4.69) is 11.6 Å². The van der Waals surface area contributed by atoms with Gasteiger partial charge in [0.25, 0.3) is 0 Å². The van der Waals surface area contributed by atoms with Crippen LogP contribution in [0.3, 0.4) is 0 Å². The second-order valence-corrected chi connectivity index (χ2v) is 6.12. The summed E-state index contributed by atoms with van der Waals surface area (Å²) in [6, 6.07) is 4.33. The van der Waals surface area contributed by atoms with Crippen molar-refractivity contribution in [1.82, 2.24) is 0 Å². The fourth-order valence-electron chi connectivity index (χ4n) is 2.80. The van der Waals surface area contributed by atoms with Crippen LogP contribution < -0.4 is 20.5 Å². The monoisotopic (exact) mass is 280 g/mol. The number of nitrogen functional groups attached to an aromatic ring is 1. The van der Waals surface area contributed by atoms with E-state index in [4.69, 9.17) is 15.2 Å². The molecule has 2 aliphatic rings. The molecule has 3 rings (SSSR count). The molecule has 0 saturated heterocycles. The number of rotatable bonds is 3. The SMILES string of the molecule is CSC1CCCC1Nc1cc2c(cc1N)OCCO2. The zero-order valence-electron chi connectivity index (χ0n) is 11.1. The van der Waals surface area contributed by atoms with Gasteiger partial charge in [0.1, 0.15) is 13.2 Å². The van der Waals surface area contributed by atoms with Gasteiger partial charge in [0.15, 0.2) is 11.5 Å². The lowest BCUT2D eigenvalue weighted by Gasteiger charge is -2.24. The molecule has 104 valence electrons. The maximum Gasteiger partial charge on any atom is 0.163 e. The lowest BCUT2D eigenvalue weighted by atomic mass is 10.2. The smallest absolute Gasteiger partial charge is 0.163 e. The van der Waals surface area contributed by atoms with Gasteiger partial charge >= 0.3 is 0 Å². The van der Waals surface area contributed by atoms with Gasteiger partial charge in [-0.1, -0.05) is 6.42 Å². The molecule has 0 aromatic heterocycles. The van der Waals surface area contributed by atoms with Gasteiger partial charge < -0.3 is 20.5 Å². The van der Waals surface area contributed by atoms with Gasteiger partial charge in [-0.3, -0.25) is 0 Å². The van der Waals surface area contributed by atoms with E-state index in [-0.39, 0.29) is 0 Å². The Kier molecular flexibility index (Phi) is 3.64. The van der Waals surface area contributed by atoms with Crippen LogP contribution >= 0.6 is 11.8 Å². The van der Waals surface area contributed by atoms with Crippen LogP contribution in [0, 0.1) is 0 Å². The first-order chi connectivity index (χ1) is 9.28. The van der Waals surface area contributed by atoms with E-state index in [0.717, 1.165) is 22.9 Å². The zero-order chi connectivity index (χ0) is 13.2. The van der Waals surface area contributed by atoms with E-state index in [1.807, 2.05) is 23.9 Å². The van der Waals surface area contributed by atoms with Crippen LogP contribution in [0.15, 0.2) is 12.1 Å². The fourth-order valence-corrected chi connectivity index (χ4v) is 3.74. The van der Waals surface area contributed by atoms with Crippen molar-refractivity contribution in [1.29, 1.82) is 0 Å². The first-order valence-electron chi connectivity index (χ1n) is 6.76. The summed E-state index contributed by atoms with van der Waals surface area (Å²) in [7, 11) is 0. The highest BCUT2D eigenvalue weighted by molar-refractivity contribution is 7.99. The third-order valence-corrected chi connectivity index (χ3v) is 4.98. The molecule has 0 amide bonds. The number of anilines is 2. The second kappa shape index (κ2) is 5.41. The van der Waals surface area contributed by atoms with E-state index in [1.54, 1.807) is 0 Å². The standard InChI is InChI=1S/C14H20N2O2S/c1-19-14-4-2-3-10(14)16-11-8-13-12(7-9(11)15)17-5-6-18-13/h7-8,10,14,16H,2-6,15H2,1H3. The number of fused-ring (bicyclic) bond motifs is 1. The van der Waals surface area contributed by atoms with Gasteiger partial charge in [-0.15, -0.1) is 0 Å². The molecular weight excluding hydrogens is 260 g/mol. The molecule has 1 aliphatic carbocycles. The fraction of sp³-hybridized carbons (Fsp3) is 0.571. The van der Waals surface area contributed by atoms with Crippen molar-refractivity contribution in [2.24, 2.45) is 0 Å². The zero-order valence-corrected chi connectivity index (χ0v) is 12.0. The van der Waals surface area contributed by atoms with Gasteiger partial charge in [0, 0.05) is 23.4 Å². The molecule has 2 atom stereocenters. The van der Waals surface area contributed by atoms with Crippen molar-refractivity contribution < 1.29 is 9.47 Å². The molecule has 1 fully saturated rings. The summed E-state index contributed by atoms with van der Waals surface area (Å²) in [5.74, 6) is 1.55. The Bertz CT molecular complexity index is 467. The van der Waals surface area contributed by atoms with E-state index in [9.17, 15) is 0 Å². The molecule has 1 aliphatic heterocycles. The van der Waals surface area contributed by atoms with Crippen molar-refractivity contribution in [3.63, 3.8) is 0 Å². The van der Waals surface area contributed by atoms with Crippen molar-refractivity contribution in [3.05, 3.63) is 12.1 Å². The Hall–Kier alpha value is -1.23.